The van der Waals surface area contributed by atoms with Crippen LogP contribution in [0.25, 0.3) is 0 Å². The number of methoxy groups -OCH3 is 1. The third kappa shape index (κ3) is 3.12. The molecule has 1 aromatic carbocycles. The first-order valence-corrected chi connectivity index (χ1v) is 7.06. The van der Waals surface area contributed by atoms with E-state index in [4.69, 9.17) is 15.2 Å². The predicted octanol–water partition coefficient (Wildman–Crippen LogP) is 2.50. The Hall–Kier alpha value is -1.55. The number of carbonyl (C=O) groups excluding carboxylic acids is 1. The Bertz CT molecular complexity index is 500. The fourth-order valence-corrected chi connectivity index (χ4v) is 2.86. The Balaban J connectivity index is 2.08. The third-order valence-electron chi connectivity index (χ3n) is 3.96. The molecule has 4 nitrogen and oxygen atoms in total. The van der Waals surface area contributed by atoms with Gasteiger partial charge in [-0.3, -0.25) is 4.79 Å². The van der Waals surface area contributed by atoms with E-state index in [2.05, 4.69) is 13.0 Å². The van der Waals surface area contributed by atoms with Crippen molar-refractivity contribution in [3.63, 3.8) is 0 Å². The van der Waals surface area contributed by atoms with Crippen LogP contribution in [0.4, 0.5) is 0 Å². The quantitative estimate of drug-likeness (QED) is 0.862. The van der Waals surface area contributed by atoms with Gasteiger partial charge in [0.05, 0.1) is 7.11 Å². The van der Waals surface area contributed by atoms with Gasteiger partial charge in [-0.15, -0.1) is 0 Å². The summed E-state index contributed by atoms with van der Waals surface area (Å²) in [4.78, 5) is 11.8. The number of aryl methyl sites for hydroxylation is 2. The molecule has 4 heteroatoms. The number of esters is 1. The average molecular weight is 277 g/mol. The molecule has 2 atom stereocenters. The van der Waals surface area contributed by atoms with Crippen molar-refractivity contribution >= 4 is 5.97 Å². The minimum atomic E-state index is -0.906. The Morgan fingerprint density at radius 2 is 2.15 bits per heavy atom. The summed E-state index contributed by atoms with van der Waals surface area (Å²) < 4.78 is 10.9. The van der Waals surface area contributed by atoms with Gasteiger partial charge >= 0.3 is 5.97 Å². The van der Waals surface area contributed by atoms with E-state index in [0.717, 1.165) is 24.2 Å². The summed E-state index contributed by atoms with van der Waals surface area (Å²) in [7, 11) is 1.38. The van der Waals surface area contributed by atoms with E-state index in [1.54, 1.807) is 0 Å². The number of nitrogens with two attached hydrogens (primary N) is 1. The lowest BCUT2D eigenvalue weighted by Crippen LogP contribution is -2.54. The van der Waals surface area contributed by atoms with Gasteiger partial charge in [-0.1, -0.05) is 17.7 Å². The molecule has 1 saturated carbocycles. The van der Waals surface area contributed by atoms with Gasteiger partial charge in [0.25, 0.3) is 0 Å². The van der Waals surface area contributed by atoms with Gasteiger partial charge in [-0.25, -0.2) is 0 Å². The van der Waals surface area contributed by atoms with Gasteiger partial charge in [0, 0.05) is 6.42 Å². The molecule has 2 unspecified atom stereocenters. The van der Waals surface area contributed by atoms with Crippen LogP contribution in [0, 0.1) is 13.8 Å². The SMILES string of the molecule is COC(=O)C1(N)CCCC(Oc2ccc(C)cc2C)C1. The summed E-state index contributed by atoms with van der Waals surface area (Å²) >= 11 is 0. The van der Waals surface area contributed by atoms with Crippen LogP contribution in [0.2, 0.25) is 0 Å². The summed E-state index contributed by atoms with van der Waals surface area (Å²) in [5.41, 5.74) is 7.58. The highest BCUT2D eigenvalue weighted by atomic mass is 16.5. The van der Waals surface area contributed by atoms with E-state index in [1.165, 1.54) is 12.7 Å². The molecule has 0 aliphatic heterocycles. The molecule has 0 radical (unpaired) electrons. The summed E-state index contributed by atoms with van der Waals surface area (Å²) in [6.07, 6.45) is 2.93. The Morgan fingerprint density at radius 3 is 2.80 bits per heavy atom. The maximum absolute atomic E-state index is 11.8. The third-order valence-corrected chi connectivity index (χ3v) is 3.96. The molecule has 0 aromatic heterocycles. The molecule has 2 rings (SSSR count). The smallest absolute Gasteiger partial charge is 0.325 e. The Morgan fingerprint density at radius 1 is 1.40 bits per heavy atom. The van der Waals surface area contributed by atoms with Crippen LogP contribution in [0.1, 0.15) is 36.8 Å². The number of hydrogen-bond acceptors (Lipinski definition) is 4. The molecule has 2 N–H and O–H groups in total. The zero-order chi connectivity index (χ0) is 14.8. The Kier molecular flexibility index (Phi) is 4.33. The molecule has 0 saturated heterocycles. The van der Waals surface area contributed by atoms with Crippen LogP contribution >= 0.6 is 0 Å². The van der Waals surface area contributed by atoms with Crippen molar-refractivity contribution in [2.24, 2.45) is 5.73 Å². The molecule has 1 aromatic rings. The largest absolute Gasteiger partial charge is 0.490 e. The van der Waals surface area contributed by atoms with Crippen molar-refractivity contribution < 1.29 is 14.3 Å². The van der Waals surface area contributed by atoms with Crippen molar-refractivity contribution in [1.29, 1.82) is 0 Å². The fraction of sp³-hybridized carbons (Fsp3) is 0.562. The molecule has 110 valence electrons. The average Bonchev–Trinajstić information content (AvgIpc) is 2.41. The van der Waals surface area contributed by atoms with Gasteiger partial charge in [0.15, 0.2) is 0 Å². The van der Waals surface area contributed by atoms with E-state index in [1.807, 2.05) is 19.1 Å². The topological polar surface area (TPSA) is 61.5 Å². The number of hydrogen-bond donors (Lipinski definition) is 1. The van der Waals surface area contributed by atoms with Crippen LogP contribution in [0.15, 0.2) is 18.2 Å². The van der Waals surface area contributed by atoms with Gasteiger partial charge in [0.2, 0.25) is 0 Å². The standard InChI is InChI=1S/C16H23NO3/c1-11-6-7-14(12(2)9-11)20-13-5-4-8-16(17,10-13)15(18)19-3/h6-7,9,13H,4-5,8,10,17H2,1-3H3. The lowest BCUT2D eigenvalue weighted by molar-refractivity contribution is -0.149. The second kappa shape index (κ2) is 5.83. The molecule has 20 heavy (non-hydrogen) atoms. The second-order valence-electron chi connectivity index (χ2n) is 5.75. The molecule has 0 bridgehead atoms. The minimum absolute atomic E-state index is 0.0331. The number of benzene rings is 1. The first-order chi connectivity index (χ1) is 9.44. The predicted molar refractivity (Wildman–Crippen MR) is 77.7 cm³/mol. The lowest BCUT2D eigenvalue weighted by Gasteiger charge is -2.35. The molecule has 0 spiro atoms. The zero-order valence-corrected chi connectivity index (χ0v) is 12.4. The van der Waals surface area contributed by atoms with E-state index >= 15 is 0 Å². The summed E-state index contributed by atoms with van der Waals surface area (Å²) in [5, 5.41) is 0. The monoisotopic (exact) mass is 277 g/mol. The summed E-state index contributed by atoms with van der Waals surface area (Å²) in [6, 6.07) is 6.10. The molecule has 0 heterocycles. The van der Waals surface area contributed by atoms with Crippen LogP contribution in [-0.2, 0) is 9.53 Å². The van der Waals surface area contributed by atoms with Crippen molar-refractivity contribution in [2.75, 3.05) is 7.11 Å². The summed E-state index contributed by atoms with van der Waals surface area (Å²) in [5.74, 6) is 0.529. The molecule has 1 fully saturated rings. The first-order valence-electron chi connectivity index (χ1n) is 7.06. The number of carbonyl (C=O) groups is 1. The molecule has 1 aliphatic carbocycles. The molecular formula is C16H23NO3. The zero-order valence-electron chi connectivity index (χ0n) is 12.4. The van der Waals surface area contributed by atoms with Crippen LogP contribution < -0.4 is 10.5 Å². The summed E-state index contributed by atoms with van der Waals surface area (Å²) in [6.45, 7) is 4.08. The number of rotatable bonds is 3. The van der Waals surface area contributed by atoms with Crippen LogP contribution in [0.3, 0.4) is 0 Å². The number of ether oxygens (including phenoxy) is 2. The van der Waals surface area contributed by atoms with Gasteiger partial charge in [0.1, 0.15) is 17.4 Å². The minimum Gasteiger partial charge on any atom is -0.490 e. The normalized spacial score (nSPS) is 26.1. The molecule has 0 amide bonds. The first kappa shape index (κ1) is 14.9. The Labute approximate surface area is 120 Å². The molecule has 1 aliphatic rings. The fourth-order valence-electron chi connectivity index (χ4n) is 2.86. The highest BCUT2D eigenvalue weighted by molar-refractivity contribution is 5.80. The van der Waals surface area contributed by atoms with Gasteiger partial charge in [-0.2, -0.15) is 0 Å². The lowest BCUT2D eigenvalue weighted by atomic mass is 9.81. The van der Waals surface area contributed by atoms with Crippen LogP contribution in [0.5, 0.6) is 5.75 Å². The van der Waals surface area contributed by atoms with Crippen LogP contribution in [-0.4, -0.2) is 24.7 Å². The van der Waals surface area contributed by atoms with E-state index in [9.17, 15) is 4.79 Å². The second-order valence-corrected chi connectivity index (χ2v) is 5.75. The van der Waals surface area contributed by atoms with E-state index < -0.39 is 5.54 Å². The van der Waals surface area contributed by atoms with E-state index in [0.29, 0.717) is 12.8 Å². The van der Waals surface area contributed by atoms with Gasteiger partial charge in [-0.05, 0) is 44.7 Å². The van der Waals surface area contributed by atoms with Crippen molar-refractivity contribution in [3.8, 4) is 5.75 Å². The maximum atomic E-state index is 11.8. The highest BCUT2D eigenvalue weighted by Crippen LogP contribution is 2.31. The van der Waals surface area contributed by atoms with Crippen molar-refractivity contribution in [3.05, 3.63) is 29.3 Å². The van der Waals surface area contributed by atoms with Gasteiger partial charge < -0.3 is 15.2 Å². The highest BCUT2D eigenvalue weighted by Gasteiger charge is 2.41. The van der Waals surface area contributed by atoms with Crippen molar-refractivity contribution in [2.45, 2.75) is 51.2 Å². The van der Waals surface area contributed by atoms with Crippen molar-refractivity contribution in [1.82, 2.24) is 0 Å². The van der Waals surface area contributed by atoms with E-state index in [-0.39, 0.29) is 12.1 Å². The maximum Gasteiger partial charge on any atom is 0.325 e. The molecular weight excluding hydrogens is 254 g/mol.